The van der Waals surface area contributed by atoms with Crippen LogP contribution in [0.15, 0.2) is 59.2 Å². The molecule has 2 aromatic rings. The van der Waals surface area contributed by atoms with Crippen molar-refractivity contribution in [3.63, 3.8) is 0 Å². The number of aliphatic imine (C=N–C) groups is 1. The Morgan fingerprint density at radius 1 is 0.963 bits per heavy atom. The largest absolute Gasteiger partial charge is 0.491 e. The first kappa shape index (κ1) is 18.6. The van der Waals surface area contributed by atoms with Crippen LogP contribution in [0.3, 0.4) is 0 Å². The Hall–Kier alpha value is -3.22. The van der Waals surface area contributed by atoms with Gasteiger partial charge >= 0.3 is 12.6 Å². The second-order valence-electron chi connectivity index (χ2n) is 5.97. The van der Waals surface area contributed by atoms with Gasteiger partial charge in [-0.15, -0.1) is 0 Å². The van der Waals surface area contributed by atoms with Crippen LogP contribution in [0.25, 0.3) is 6.08 Å². The van der Waals surface area contributed by atoms with E-state index in [2.05, 4.69) is 9.73 Å². The van der Waals surface area contributed by atoms with E-state index < -0.39 is 12.6 Å². The maximum atomic E-state index is 12.2. The van der Waals surface area contributed by atoms with Gasteiger partial charge in [0.15, 0.2) is 5.70 Å². The summed E-state index contributed by atoms with van der Waals surface area (Å²) in [7, 11) is 0. The van der Waals surface area contributed by atoms with Gasteiger partial charge in [-0.05, 0) is 61.9 Å². The fraction of sp³-hybridized carbons (Fsp3) is 0.200. The lowest BCUT2D eigenvalue weighted by Crippen LogP contribution is -2.07. The number of cyclic esters (lactones) is 1. The van der Waals surface area contributed by atoms with Crippen LogP contribution in [-0.2, 0) is 9.53 Å². The number of carbonyl (C=O) groups is 1. The quantitative estimate of drug-likeness (QED) is 0.556. The minimum Gasteiger partial charge on any atom is -0.491 e. The monoisotopic (exact) mass is 373 g/mol. The molecule has 1 aliphatic heterocycles. The fourth-order valence-electron chi connectivity index (χ4n) is 2.38. The van der Waals surface area contributed by atoms with Crippen LogP contribution in [-0.4, -0.2) is 24.6 Å². The highest BCUT2D eigenvalue weighted by Gasteiger charge is 2.24. The molecule has 27 heavy (non-hydrogen) atoms. The van der Waals surface area contributed by atoms with Gasteiger partial charge in [-0.2, -0.15) is 8.78 Å². The molecule has 0 amide bonds. The zero-order valence-electron chi connectivity index (χ0n) is 14.7. The van der Waals surface area contributed by atoms with E-state index in [0.29, 0.717) is 16.9 Å². The fourth-order valence-corrected chi connectivity index (χ4v) is 2.38. The highest BCUT2D eigenvalue weighted by Crippen LogP contribution is 2.22. The molecule has 1 heterocycles. The summed E-state index contributed by atoms with van der Waals surface area (Å²) in [6.45, 7) is 0.975. The zero-order valence-corrected chi connectivity index (χ0v) is 14.7. The first-order valence-electron chi connectivity index (χ1n) is 8.25. The average molecular weight is 373 g/mol. The molecule has 0 saturated carbocycles. The molecule has 0 saturated heterocycles. The summed E-state index contributed by atoms with van der Waals surface area (Å²) in [6, 6.07) is 12.9. The summed E-state index contributed by atoms with van der Waals surface area (Å²) in [5.74, 6) is 0.356. The van der Waals surface area contributed by atoms with Crippen LogP contribution in [0.4, 0.5) is 8.78 Å². The zero-order chi connectivity index (χ0) is 19.4. The Morgan fingerprint density at radius 2 is 1.56 bits per heavy atom. The van der Waals surface area contributed by atoms with E-state index in [1.807, 2.05) is 13.8 Å². The van der Waals surface area contributed by atoms with Crippen molar-refractivity contribution in [1.82, 2.24) is 0 Å². The summed E-state index contributed by atoms with van der Waals surface area (Å²) in [6.07, 6.45) is 1.57. The summed E-state index contributed by atoms with van der Waals surface area (Å²) in [5.41, 5.74) is 1.37. The van der Waals surface area contributed by atoms with Crippen LogP contribution in [0.5, 0.6) is 11.5 Å². The van der Waals surface area contributed by atoms with Crippen molar-refractivity contribution in [2.75, 3.05) is 0 Å². The van der Waals surface area contributed by atoms with Gasteiger partial charge in [-0.1, -0.05) is 12.1 Å². The summed E-state index contributed by atoms with van der Waals surface area (Å²) < 4.78 is 39.4. The number of carbonyl (C=O) groups excluding carboxylic acids is 1. The van der Waals surface area contributed by atoms with Crippen molar-refractivity contribution in [3.8, 4) is 11.5 Å². The maximum Gasteiger partial charge on any atom is 0.387 e. The van der Waals surface area contributed by atoms with Crippen molar-refractivity contribution in [3.05, 3.63) is 65.4 Å². The molecule has 2 aromatic carbocycles. The Morgan fingerprint density at radius 3 is 2.15 bits per heavy atom. The first-order chi connectivity index (χ1) is 12.9. The molecule has 0 unspecified atom stereocenters. The van der Waals surface area contributed by atoms with Gasteiger partial charge in [-0.3, -0.25) is 0 Å². The summed E-state index contributed by atoms with van der Waals surface area (Å²) >= 11 is 0. The number of rotatable bonds is 6. The van der Waals surface area contributed by atoms with Crippen molar-refractivity contribution in [1.29, 1.82) is 0 Å². The number of esters is 1. The minimum atomic E-state index is -2.89. The molecule has 0 spiro atoms. The molecular formula is C20H17F2NO4. The van der Waals surface area contributed by atoms with Gasteiger partial charge in [0.1, 0.15) is 11.5 Å². The van der Waals surface area contributed by atoms with E-state index in [1.54, 1.807) is 36.4 Å². The molecule has 0 atom stereocenters. The number of halogens is 2. The Balaban J connectivity index is 1.76. The van der Waals surface area contributed by atoms with Crippen molar-refractivity contribution in [2.24, 2.45) is 4.99 Å². The molecule has 3 rings (SSSR count). The molecule has 0 radical (unpaired) electrons. The van der Waals surface area contributed by atoms with Crippen LogP contribution < -0.4 is 9.47 Å². The lowest BCUT2D eigenvalue weighted by atomic mass is 10.2. The van der Waals surface area contributed by atoms with Crippen molar-refractivity contribution in [2.45, 2.75) is 26.6 Å². The second-order valence-corrected chi connectivity index (χ2v) is 5.97. The second kappa shape index (κ2) is 7.99. The van der Waals surface area contributed by atoms with E-state index in [1.165, 1.54) is 18.2 Å². The topological polar surface area (TPSA) is 57.1 Å². The van der Waals surface area contributed by atoms with Gasteiger partial charge in [0, 0.05) is 5.56 Å². The molecule has 0 N–H and O–H groups in total. The molecule has 0 bridgehead atoms. The number of alkyl halides is 2. The smallest absolute Gasteiger partial charge is 0.387 e. The van der Waals surface area contributed by atoms with Crippen LogP contribution in [0, 0.1) is 0 Å². The summed E-state index contributed by atoms with van der Waals surface area (Å²) in [5, 5.41) is 0. The third-order valence-corrected chi connectivity index (χ3v) is 3.50. The third kappa shape index (κ3) is 4.91. The van der Waals surface area contributed by atoms with Crippen LogP contribution in [0.1, 0.15) is 25.0 Å². The molecule has 7 heteroatoms. The molecule has 140 valence electrons. The minimum absolute atomic E-state index is 0.0362. The van der Waals surface area contributed by atoms with E-state index in [-0.39, 0.29) is 23.4 Å². The Kier molecular flexibility index (Phi) is 5.49. The normalized spacial score (nSPS) is 15.3. The summed E-state index contributed by atoms with van der Waals surface area (Å²) in [4.78, 5) is 16.2. The number of nitrogens with zero attached hydrogens (tertiary/aromatic N) is 1. The van der Waals surface area contributed by atoms with Gasteiger partial charge in [-0.25, -0.2) is 9.79 Å². The molecule has 5 nitrogen and oxygen atoms in total. The third-order valence-electron chi connectivity index (χ3n) is 3.50. The van der Waals surface area contributed by atoms with E-state index in [0.717, 1.165) is 0 Å². The average Bonchev–Trinajstić information content (AvgIpc) is 2.97. The standard InChI is InChI=1S/C20H17F2NO4/c1-12(2)25-15-9-5-14(6-10-15)18-23-17(19(24)27-18)11-13-3-7-16(8-4-13)26-20(21)22/h3-12,20H,1-2H3. The van der Waals surface area contributed by atoms with Gasteiger partial charge in [0.2, 0.25) is 5.90 Å². The number of ether oxygens (including phenoxy) is 3. The maximum absolute atomic E-state index is 12.2. The van der Waals surface area contributed by atoms with E-state index >= 15 is 0 Å². The predicted molar refractivity (Wildman–Crippen MR) is 95.9 cm³/mol. The predicted octanol–water partition coefficient (Wildman–Crippen LogP) is 4.42. The SMILES string of the molecule is CC(C)Oc1ccc(C2=NC(=Cc3ccc(OC(F)F)cc3)C(=O)O2)cc1. The molecule has 0 fully saturated rings. The van der Waals surface area contributed by atoms with Crippen molar-refractivity contribution >= 4 is 17.9 Å². The van der Waals surface area contributed by atoms with E-state index in [4.69, 9.17) is 9.47 Å². The Labute approximate surface area is 154 Å². The molecular weight excluding hydrogens is 356 g/mol. The van der Waals surface area contributed by atoms with Crippen molar-refractivity contribution < 1.29 is 27.8 Å². The lowest BCUT2D eigenvalue weighted by Gasteiger charge is -2.09. The highest BCUT2D eigenvalue weighted by atomic mass is 19.3. The van der Waals surface area contributed by atoms with Crippen LogP contribution >= 0.6 is 0 Å². The molecule has 1 aliphatic rings. The molecule has 0 aliphatic carbocycles. The van der Waals surface area contributed by atoms with Gasteiger partial charge in [0.05, 0.1) is 6.10 Å². The highest BCUT2D eigenvalue weighted by molar-refractivity contribution is 6.12. The number of benzene rings is 2. The van der Waals surface area contributed by atoms with Gasteiger partial charge < -0.3 is 14.2 Å². The molecule has 0 aromatic heterocycles. The Bertz CT molecular complexity index is 872. The first-order valence-corrected chi connectivity index (χ1v) is 8.25. The van der Waals surface area contributed by atoms with Crippen LogP contribution in [0.2, 0.25) is 0 Å². The number of hydrogen-bond donors (Lipinski definition) is 0. The van der Waals surface area contributed by atoms with E-state index in [9.17, 15) is 13.6 Å². The lowest BCUT2D eigenvalue weighted by molar-refractivity contribution is -0.129. The number of hydrogen-bond acceptors (Lipinski definition) is 5. The van der Waals surface area contributed by atoms with Gasteiger partial charge in [0.25, 0.3) is 0 Å².